The minimum Gasteiger partial charge on any atom is -0.488 e. The van der Waals surface area contributed by atoms with Gasteiger partial charge < -0.3 is 24.4 Å². The quantitative estimate of drug-likeness (QED) is 0.762. The van der Waals surface area contributed by atoms with Gasteiger partial charge in [0.25, 0.3) is 0 Å². The number of nitriles is 1. The third-order valence-corrected chi connectivity index (χ3v) is 5.71. The zero-order valence-corrected chi connectivity index (χ0v) is 16.9. The molecule has 0 saturated carbocycles. The van der Waals surface area contributed by atoms with Crippen molar-refractivity contribution in [3.8, 4) is 11.8 Å². The van der Waals surface area contributed by atoms with Gasteiger partial charge in [0.15, 0.2) is 0 Å². The number of nitrogens with zero attached hydrogens (tertiary/aromatic N) is 1. The average molecular weight is 409 g/mol. The van der Waals surface area contributed by atoms with Crippen LogP contribution in [0.1, 0.15) is 47.6 Å². The Labute approximate surface area is 176 Å². The summed E-state index contributed by atoms with van der Waals surface area (Å²) in [6.07, 6.45) is 1.41. The van der Waals surface area contributed by atoms with Crippen LogP contribution in [0, 0.1) is 11.3 Å². The minimum atomic E-state index is -0.502. The first-order valence-electron chi connectivity index (χ1n) is 10.4. The summed E-state index contributed by atoms with van der Waals surface area (Å²) in [6.45, 7) is 1.27. The SMILES string of the molecule is N#Cc1ccc(C2CC(O)CC(CO)O2)cc1Cc1ccc(OC2CCOC2)cc1. The molecule has 0 aliphatic carbocycles. The fourth-order valence-corrected chi connectivity index (χ4v) is 4.10. The van der Waals surface area contributed by atoms with Crippen LogP contribution in [-0.2, 0) is 15.9 Å². The summed E-state index contributed by atoms with van der Waals surface area (Å²) in [5, 5.41) is 29.1. The van der Waals surface area contributed by atoms with E-state index in [1.54, 1.807) is 6.07 Å². The summed E-state index contributed by atoms with van der Waals surface area (Å²) < 4.78 is 17.2. The minimum absolute atomic E-state index is 0.113. The maximum Gasteiger partial charge on any atom is 0.124 e. The highest BCUT2D eigenvalue weighted by atomic mass is 16.5. The van der Waals surface area contributed by atoms with Crippen molar-refractivity contribution in [3.63, 3.8) is 0 Å². The van der Waals surface area contributed by atoms with E-state index in [9.17, 15) is 15.5 Å². The number of aliphatic hydroxyl groups excluding tert-OH is 2. The fourth-order valence-electron chi connectivity index (χ4n) is 4.10. The van der Waals surface area contributed by atoms with Crippen molar-refractivity contribution < 1.29 is 24.4 Å². The Hall–Kier alpha value is -2.43. The normalized spacial score (nSPS) is 26.3. The summed E-state index contributed by atoms with van der Waals surface area (Å²) in [7, 11) is 0. The molecule has 2 aliphatic heterocycles. The molecule has 2 saturated heterocycles. The monoisotopic (exact) mass is 409 g/mol. The summed E-state index contributed by atoms with van der Waals surface area (Å²) >= 11 is 0. The zero-order valence-electron chi connectivity index (χ0n) is 16.9. The third-order valence-electron chi connectivity index (χ3n) is 5.71. The highest BCUT2D eigenvalue weighted by Gasteiger charge is 2.29. The first kappa shape index (κ1) is 20.8. The molecule has 0 amide bonds. The van der Waals surface area contributed by atoms with E-state index in [4.69, 9.17) is 14.2 Å². The van der Waals surface area contributed by atoms with Crippen molar-refractivity contribution in [3.05, 3.63) is 64.7 Å². The van der Waals surface area contributed by atoms with Crippen molar-refractivity contribution in [2.24, 2.45) is 0 Å². The molecule has 2 aromatic rings. The molecule has 6 heteroatoms. The van der Waals surface area contributed by atoms with E-state index in [1.165, 1.54) is 0 Å². The molecule has 2 N–H and O–H groups in total. The van der Waals surface area contributed by atoms with Crippen LogP contribution in [0.3, 0.4) is 0 Å². The van der Waals surface area contributed by atoms with Gasteiger partial charge in [-0.15, -0.1) is 0 Å². The zero-order chi connectivity index (χ0) is 20.9. The Morgan fingerprint density at radius 3 is 2.67 bits per heavy atom. The van der Waals surface area contributed by atoms with Gasteiger partial charge in [-0.3, -0.25) is 0 Å². The molecule has 158 valence electrons. The van der Waals surface area contributed by atoms with Crippen LogP contribution in [0.5, 0.6) is 5.75 Å². The predicted molar refractivity (Wildman–Crippen MR) is 110 cm³/mol. The Kier molecular flexibility index (Phi) is 6.66. The molecule has 2 aliphatic rings. The van der Waals surface area contributed by atoms with E-state index < -0.39 is 6.10 Å². The second-order valence-electron chi connectivity index (χ2n) is 8.01. The summed E-state index contributed by atoms with van der Waals surface area (Å²) in [5.41, 5.74) is 3.54. The van der Waals surface area contributed by atoms with E-state index >= 15 is 0 Å². The van der Waals surface area contributed by atoms with E-state index in [1.807, 2.05) is 36.4 Å². The summed E-state index contributed by atoms with van der Waals surface area (Å²) in [6, 6.07) is 15.9. The molecule has 30 heavy (non-hydrogen) atoms. The molecule has 6 nitrogen and oxygen atoms in total. The number of ether oxygens (including phenoxy) is 3. The van der Waals surface area contributed by atoms with Gasteiger partial charge in [0.2, 0.25) is 0 Å². The topological polar surface area (TPSA) is 91.9 Å². The van der Waals surface area contributed by atoms with Crippen LogP contribution >= 0.6 is 0 Å². The molecule has 4 atom stereocenters. The van der Waals surface area contributed by atoms with Gasteiger partial charge in [-0.2, -0.15) is 5.26 Å². The summed E-state index contributed by atoms with van der Waals surface area (Å²) in [4.78, 5) is 0. The van der Waals surface area contributed by atoms with Crippen LogP contribution in [0.15, 0.2) is 42.5 Å². The van der Waals surface area contributed by atoms with Crippen LogP contribution in [0.25, 0.3) is 0 Å². The lowest BCUT2D eigenvalue weighted by Crippen LogP contribution is -2.33. The molecule has 4 unspecified atom stereocenters. The maximum atomic E-state index is 10.1. The first-order valence-corrected chi connectivity index (χ1v) is 10.4. The number of aliphatic hydroxyl groups is 2. The van der Waals surface area contributed by atoms with Gasteiger partial charge in [-0.05, 0) is 41.3 Å². The maximum absolute atomic E-state index is 10.1. The van der Waals surface area contributed by atoms with Crippen LogP contribution in [0.4, 0.5) is 0 Å². The molecule has 0 radical (unpaired) electrons. The number of hydrogen-bond donors (Lipinski definition) is 2. The van der Waals surface area contributed by atoms with Gasteiger partial charge >= 0.3 is 0 Å². The van der Waals surface area contributed by atoms with Crippen LogP contribution in [-0.4, -0.2) is 48.3 Å². The van der Waals surface area contributed by atoms with E-state index in [0.717, 1.165) is 35.5 Å². The van der Waals surface area contributed by atoms with Gasteiger partial charge in [0.1, 0.15) is 11.9 Å². The summed E-state index contributed by atoms with van der Waals surface area (Å²) in [5.74, 6) is 0.822. The van der Waals surface area contributed by atoms with Crippen LogP contribution < -0.4 is 4.74 Å². The largest absolute Gasteiger partial charge is 0.488 e. The molecule has 0 spiro atoms. The Morgan fingerprint density at radius 1 is 1.13 bits per heavy atom. The van der Waals surface area contributed by atoms with E-state index in [0.29, 0.717) is 31.4 Å². The highest BCUT2D eigenvalue weighted by molar-refractivity contribution is 5.44. The predicted octanol–water partition coefficient (Wildman–Crippen LogP) is 2.89. The Balaban J connectivity index is 1.49. The molecule has 2 aromatic carbocycles. The fraction of sp³-hybridized carbons (Fsp3) is 0.458. The van der Waals surface area contributed by atoms with Crippen molar-refractivity contribution in [2.75, 3.05) is 19.8 Å². The Bertz CT molecular complexity index is 885. The highest BCUT2D eigenvalue weighted by Crippen LogP contribution is 2.33. The first-order chi connectivity index (χ1) is 14.6. The molecular weight excluding hydrogens is 382 g/mol. The van der Waals surface area contributed by atoms with Gasteiger partial charge in [0.05, 0.1) is 49.8 Å². The standard InChI is InChI=1S/C24H27NO5/c25-13-18-4-3-17(24-12-20(27)11-23(14-26)30-24)10-19(18)9-16-1-5-21(6-2-16)29-22-7-8-28-15-22/h1-6,10,20,22-24,26-27H,7-9,11-12,14-15H2. The van der Waals surface area contributed by atoms with E-state index in [-0.39, 0.29) is 24.9 Å². The van der Waals surface area contributed by atoms with Crippen molar-refractivity contribution >= 4 is 0 Å². The molecule has 2 heterocycles. The van der Waals surface area contributed by atoms with E-state index in [2.05, 4.69) is 6.07 Å². The van der Waals surface area contributed by atoms with Gasteiger partial charge in [-0.25, -0.2) is 0 Å². The lowest BCUT2D eigenvalue weighted by atomic mass is 9.92. The molecule has 4 rings (SSSR count). The van der Waals surface area contributed by atoms with Crippen molar-refractivity contribution in [1.29, 1.82) is 5.26 Å². The lowest BCUT2D eigenvalue weighted by Gasteiger charge is -2.32. The van der Waals surface area contributed by atoms with Gasteiger partial charge in [-0.1, -0.05) is 24.3 Å². The average Bonchev–Trinajstić information content (AvgIpc) is 3.27. The second-order valence-corrected chi connectivity index (χ2v) is 8.01. The molecule has 0 bridgehead atoms. The molecule has 2 fully saturated rings. The molecule has 0 aromatic heterocycles. The van der Waals surface area contributed by atoms with Gasteiger partial charge in [0, 0.05) is 19.3 Å². The number of hydrogen-bond acceptors (Lipinski definition) is 6. The second kappa shape index (κ2) is 9.59. The smallest absolute Gasteiger partial charge is 0.124 e. The van der Waals surface area contributed by atoms with Crippen LogP contribution in [0.2, 0.25) is 0 Å². The molecular formula is C24H27NO5. The Morgan fingerprint density at radius 2 is 1.97 bits per heavy atom. The van der Waals surface area contributed by atoms with Crippen molar-refractivity contribution in [1.82, 2.24) is 0 Å². The number of benzene rings is 2. The third kappa shape index (κ3) is 5.00. The lowest BCUT2D eigenvalue weighted by molar-refractivity contribution is -0.113. The van der Waals surface area contributed by atoms with Crippen molar-refractivity contribution in [2.45, 2.75) is 50.1 Å². The number of rotatable bonds is 6.